The fraction of sp³-hybridized carbons (Fsp3) is 0.0800. The van der Waals surface area contributed by atoms with Gasteiger partial charge in [0.1, 0.15) is 5.75 Å². The largest absolute Gasteiger partial charge is 0.444 e. The minimum Gasteiger partial charge on any atom is -0.444 e. The molecule has 0 spiro atoms. The second-order valence-electron chi connectivity index (χ2n) is 7.00. The normalized spacial score (nSPS) is 18.0. The fourth-order valence-corrected chi connectivity index (χ4v) is 3.88. The summed E-state index contributed by atoms with van der Waals surface area (Å²) in [6.07, 6.45) is 0. The minimum absolute atomic E-state index is 0.388. The van der Waals surface area contributed by atoms with Gasteiger partial charge in [-0.3, -0.25) is 0 Å². The number of esters is 1. The number of aryl methyl sites for hydroxylation is 1. The Morgan fingerprint density at radius 2 is 1.57 bits per heavy atom. The summed E-state index contributed by atoms with van der Waals surface area (Å²) in [7, 11) is 0. The summed E-state index contributed by atoms with van der Waals surface area (Å²) in [5.41, 5.74) is 3.23. The zero-order chi connectivity index (χ0) is 19.1. The number of rotatable bonds is 3. The smallest absolute Gasteiger partial charge is 0.342 e. The molecule has 0 N–H and O–H groups in total. The van der Waals surface area contributed by atoms with Crippen LogP contribution in [-0.4, -0.2) is 5.97 Å². The maximum absolute atomic E-state index is 13.0. The van der Waals surface area contributed by atoms with Crippen LogP contribution in [-0.2, 0) is 10.5 Å². The summed E-state index contributed by atoms with van der Waals surface area (Å²) in [6.45, 7) is 2.00. The zero-order valence-corrected chi connectivity index (χ0v) is 15.4. The molecule has 0 aliphatic carbocycles. The molecular weight excluding hydrogens is 348 g/mol. The van der Waals surface area contributed by atoms with Gasteiger partial charge in [-0.1, -0.05) is 72.8 Å². The van der Waals surface area contributed by atoms with Gasteiger partial charge in [-0.2, -0.15) is 0 Å². The second kappa shape index (κ2) is 6.24. The molecule has 1 aliphatic rings. The van der Waals surface area contributed by atoms with Crippen LogP contribution in [0.15, 0.2) is 91.0 Å². The van der Waals surface area contributed by atoms with Crippen LogP contribution < -0.4 is 4.74 Å². The van der Waals surface area contributed by atoms with Gasteiger partial charge in [0, 0.05) is 16.5 Å². The average molecular weight is 366 g/mol. The van der Waals surface area contributed by atoms with E-state index in [2.05, 4.69) is 0 Å². The van der Waals surface area contributed by atoms with Gasteiger partial charge in [-0.05, 0) is 36.1 Å². The van der Waals surface area contributed by atoms with Crippen molar-refractivity contribution in [1.82, 2.24) is 0 Å². The van der Waals surface area contributed by atoms with E-state index < -0.39 is 5.79 Å². The van der Waals surface area contributed by atoms with Crippen molar-refractivity contribution < 1.29 is 14.3 Å². The van der Waals surface area contributed by atoms with E-state index in [1.54, 1.807) is 6.07 Å². The molecule has 0 saturated heterocycles. The molecule has 3 nitrogen and oxygen atoms in total. The Kier molecular flexibility index (Phi) is 3.69. The van der Waals surface area contributed by atoms with E-state index in [0.717, 1.165) is 27.5 Å². The van der Waals surface area contributed by atoms with Crippen LogP contribution in [0.25, 0.3) is 10.8 Å². The summed E-state index contributed by atoms with van der Waals surface area (Å²) in [6, 6.07) is 29.0. The molecule has 136 valence electrons. The van der Waals surface area contributed by atoms with Gasteiger partial charge >= 0.3 is 11.8 Å². The highest BCUT2D eigenvalue weighted by Gasteiger charge is 2.46. The molecule has 0 amide bonds. The molecule has 0 saturated carbocycles. The first-order valence-corrected chi connectivity index (χ1v) is 9.24. The first-order valence-electron chi connectivity index (χ1n) is 9.24. The van der Waals surface area contributed by atoms with Crippen molar-refractivity contribution in [3.05, 3.63) is 113 Å². The minimum atomic E-state index is -1.35. The second-order valence-corrected chi connectivity index (χ2v) is 7.00. The monoisotopic (exact) mass is 366 g/mol. The van der Waals surface area contributed by atoms with E-state index in [1.165, 1.54) is 0 Å². The first-order chi connectivity index (χ1) is 13.7. The van der Waals surface area contributed by atoms with Crippen molar-refractivity contribution in [1.29, 1.82) is 0 Å². The summed E-state index contributed by atoms with van der Waals surface area (Å²) < 4.78 is 12.5. The van der Waals surface area contributed by atoms with Gasteiger partial charge < -0.3 is 9.47 Å². The van der Waals surface area contributed by atoms with E-state index in [1.807, 2.05) is 91.9 Å². The lowest BCUT2D eigenvalue weighted by Crippen LogP contribution is -2.42. The average Bonchev–Trinajstić information content (AvgIpc) is 2.72. The Labute approximate surface area is 163 Å². The molecule has 5 rings (SSSR count). The first kappa shape index (κ1) is 16.6. The number of carbonyl (C=O) groups excluding carboxylic acids is 1. The number of hydrogen-bond acceptors (Lipinski definition) is 3. The van der Waals surface area contributed by atoms with Gasteiger partial charge in [0.15, 0.2) is 0 Å². The van der Waals surface area contributed by atoms with Crippen LogP contribution >= 0.6 is 0 Å². The topological polar surface area (TPSA) is 35.5 Å². The Morgan fingerprint density at radius 1 is 0.821 bits per heavy atom. The van der Waals surface area contributed by atoms with Gasteiger partial charge in [0.25, 0.3) is 0 Å². The van der Waals surface area contributed by atoms with Gasteiger partial charge in [0.05, 0.1) is 5.56 Å². The molecule has 0 fully saturated rings. The number of hydrogen-bond donors (Lipinski definition) is 0. The Balaban J connectivity index is 1.83. The molecule has 1 heterocycles. The molecule has 3 heteroatoms. The van der Waals surface area contributed by atoms with Crippen molar-refractivity contribution in [2.24, 2.45) is 0 Å². The van der Waals surface area contributed by atoms with Crippen LogP contribution in [0.1, 0.15) is 27.0 Å². The number of ether oxygens (including phenoxy) is 2. The van der Waals surface area contributed by atoms with E-state index in [0.29, 0.717) is 11.3 Å². The Morgan fingerprint density at radius 3 is 2.36 bits per heavy atom. The molecule has 0 radical (unpaired) electrons. The third kappa shape index (κ3) is 2.48. The third-order valence-electron chi connectivity index (χ3n) is 5.12. The van der Waals surface area contributed by atoms with Crippen LogP contribution in [0.2, 0.25) is 0 Å². The predicted octanol–water partition coefficient (Wildman–Crippen LogP) is 5.60. The van der Waals surface area contributed by atoms with Crippen LogP contribution in [0.4, 0.5) is 0 Å². The maximum Gasteiger partial charge on any atom is 0.342 e. The maximum atomic E-state index is 13.0. The quantitative estimate of drug-likeness (QED) is 0.443. The SMILES string of the molecule is Cc1cccc(OC2(c3ccccc3)OC(=O)c3cccc4cccc2c34)c1. The molecule has 28 heavy (non-hydrogen) atoms. The van der Waals surface area contributed by atoms with Crippen LogP contribution in [0.5, 0.6) is 5.75 Å². The highest BCUT2D eigenvalue weighted by molar-refractivity contribution is 6.08. The highest BCUT2D eigenvalue weighted by atomic mass is 16.7. The molecule has 0 bridgehead atoms. The summed E-state index contributed by atoms with van der Waals surface area (Å²) >= 11 is 0. The van der Waals surface area contributed by atoms with Gasteiger partial charge in [-0.25, -0.2) is 4.79 Å². The van der Waals surface area contributed by atoms with Gasteiger partial charge in [-0.15, -0.1) is 0 Å². The molecule has 1 unspecified atom stereocenters. The summed E-state index contributed by atoms with van der Waals surface area (Å²) in [5, 5.41) is 1.86. The lowest BCUT2D eigenvalue weighted by molar-refractivity contribution is -0.122. The van der Waals surface area contributed by atoms with Gasteiger partial charge in [0.2, 0.25) is 0 Å². The third-order valence-corrected chi connectivity index (χ3v) is 5.12. The number of cyclic esters (lactones) is 1. The fourth-order valence-electron chi connectivity index (χ4n) is 3.88. The van der Waals surface area contributed by atoms with Crippen molar-refractivity contribution in [2.75, 3.05) is 0 Å². The molecule has 4 aromatic rings. The van der Waals surface area contributed by atoms with Crippen molar-refractivity contribution in [3.63, 3.8) is 0 Å². The molecule has 0 aromatic heterocycles. The molecule has 1 atom stereocenters. The lowest BCUT2D eigenvalue weighted by Gasteiger charge is -2.38. The summed E-state index contributed by atoms with van der Waals surface area (Å²) in [5.74, 6) is -1.09. The molecular formula is C25H18O3. The van der Waals surface area contributed by atoms with Crippen LogP contribution in [0.3, 0.4) is 0 Å². The van der Waals surface area contributed by atoms with Crippen molar-refractivity contribution in [3.8, 4) is 5.75 Å². The summed E-state index contributed by atoms with van der Waals surface area (Å²) in [4.78, 5) is 13.0. The zero-order valence-electron chi connectivity index (χ0n) is 15.4. The predicted molar refractivity (Wildman–Crippen MR) is 108 cm³/mol. The molecule has 1 aliphatic heterocycles. The van der Waals surface area contributed by atoms with Crippen molar-refractivity contribution >= 4 is 16.7 Å². The van der Waals surface area contributed by atoms with E-state index in [9.17, 15) is 4.79 Å². The highest BCUT2D eigenvalue weighted by Crippen LogP contribution is 2.44. The Bertz CT molecular complexity index is 1190. The van der Waals surface area contributed by atoms with E-state index in [-0.39, 0.29) is 5.97 Å². The Hall–Kier alpha value is -3.59. The number of carbonyl (C=O) groups is 1. The van der Waals surface area contributed by atoms with E-state index in [4.69, 9.17) is 9.47 Å². The van der Waals surface area contributed by atoms with Crippen LogP contribution in [0, 0.1) is 6.92 Å². The number of benzene rings is 4. The van der Waals surface area contributed by atoms with E-state index >= 15 is 0 Å². The lowest BCUT2D eigenvalue weighted by atomic mass is 9.87. The standard InChI is InChI=1S/C25H18O3/c1-17-8-5-13-20(16-17)27-25(19-11-3-2-4-12-19)22-15-7-10-18-9-6-14-21(23(18)22)24(26)28-25/h2-16H,1H3. The van der Waals surface area contributed by atoms with Crippen molar-refractivity contribution in [2.45, 2.75) is 12.7 Å². The molecule has 4 aromatic carbocycles.